The van der Waals surface area contributed by atoms with Gasteiger partial charge in [-0.05, 0) is 26.8 Å². The van der Waals surface area contributed by atoms with E-state index >= 15 is 0 Å². The molecule has 1 fully saturated rings. The van der Waals surface area contributed by atoms with E-state index in [1.165, 1.54) is 10.9 Å². The summed E-state index contributed by atoms with van der Waals surface area (Å²) in [6, 6.07) is 3.60. The van der Waals surface area contributed by atoms with Crippen molar-refractivity contribution in [3.63, 3.8) is 0 Å². The fourth-order valence-corrected chi connectivity index (χ4v) is 2.71. The third-order valence-electron chi connectivity index (χ3n) is 4.38. The summed E-state index contributed by atoms with van der Waals surface area (Å²) >= 11 is 0. The molecule has 8 nitrogen and oxygen atoms in total. The topological polar surface area (TPSA) is 90.2 Å². The normalized spacial score (nSPS) is 16.9. The van der Waals surface area contributed by atoms with Gasteiger partial charge in [0.05, 0.1) is 18.6 Å². The van der Waals surface area contributed by atoms with Crippen molar-refractivity contribution < 1.29 is 9.53 Å². The van der Waals surface area contributed by atoms with E-state index in [9.17, 15) is 9.59 Å². The van der Waals surface area contributed by atoms with Crippen LogP contribution < -0.4 is 10.3 Å². The Kier molecular flexibility index (Phi) is 4.78. The zero-order valence-electron chi connectivity index (χ0n) is 14.6. The molecule has 0 radical (unpaired) electrons. The SMILES string of the molecule is Cc1ccc(OC2CCN(C(=O)Cn3cnc(C)c(C)c3=O)C2)nn1. The van der Waals surface area contributed by atoms with Crippen molar-refractivity contribution in [1.82, 2.24) is 24.6 Å². The number of carbonyl (C=O) groups is 1. The number of carbonyl (C=O) groups excluding carboxylic acids is 1. The predicted octanol–water partition coefficient (Wildman–Crippen LogP) is 0.638. The highest BCUT2D eigenvalue weighted by molar-refractivity contribution is 5.76. The number of rotatable bonds is 4. The van der Waals surface area contributed by atoms with E-state index in [4.69, 9.17) is 4.74 Å². The number of aryl methyl sites for hydroxylation is 2. The minimum Gasteiger partial charge on any atom is -0.471 e. The van der Waals surface area contributed by atoms with Gasteiger partial charge in [-0.1, -0.05) is 0 Å². The van der Waals surface area contributed by atoms with Crippen LogP contribution in [-0.2, 0) is 11.3 Å². The Morgan fingerprint density at radius 1 is 1.28 bits per heavy atom. The maximum absolute atomic E-state index is 12.5. The van der Waals surface area contributed by atoms with Crippen molar-refractivity contribution in [3.8, 4) is 5.88 Å². The van der Waals surface area contributed by atoms with Crippen LogP contribution in [0.5, 0.6) is 5.88 Å². The Hall–Kier alpha value is -2.77. The number of likely N-dealkylation sites (tertiary alicyclic amines) is 1. The minimum atomic E-state index is -0.178. The molecular formula is C17H21N5O3. The van der Waals surface area contributed by atoms with E-state index in [0.717, 1.165) is 12.1 Å². The fraction of sp³-hybridized carbons (Fsp3) is 0.471. The monoisotopic (exact) mass is 343 g/mol. The van der Waals surface area contributed by atoms with Crippen molar-refractivity contribution in [2.45, 2.75) is 39.8 Å². The molecule has 1 amide bonds. The third-order valence-corrected chi connectivity index (χ3v) is 4.38. The maximum Gasteiger partial charge on any atom is 0.256 e. The summed E-state index contributed by atoms with van der Waals surface area (Å²) < 4.78 is 7.12. The molecule has 2 aromatic heterocycles. The molecule has 132 valence electrons. The quantitative estimate of drug-likeness (QED) is 0.809. The summed E-state index contributed by atoms with van der Waals surface area (Å²) in [5, 5.41) is 7.94. The van der Waals surface area contributed by atoms with Gasteiger partial charge in [0.25, 0.3) is 5.56 Å². The van der Waals surface area contributed by atoms with Crippen molar-refractivity contribution in [2.24, 2.45) is 0 Å². The van der Waals surface area contributed by atoms with Gasteiger partial charge < -0.3 is 9.64 Å². The summed E-state index contributed by atoms with van der Waals surface area (Å²) in [7, 11) is 0. The highest BCUT2D eigenvalue weighted by atomic mass is 16.5. The first-order valence-corrected chi connectivity index (χ1v) is 8.21. The van der Waals surface area contributed by atoms with Crippen molar-refractivity contribution in [1.29, 1.82) is 0 Å². The Morgan fingerprint density at radius 3 is 2.80 bits per heavy atom. The predicted molar refractivity (Wildman–Crippen MR) is 90.4 cm³/mol. The Balaban J connectivity index is 1.60. The highest BCUT2D eigenvalue weighted by Gasteiger charge is 2.28. The number of hydrogen-bond acceptors (Lipinski definition) is 6. The molecule has 1 atom stereocenters. The van der Waals surface area contributed by atoms with Gasteiger partial charge >= 0.3 is 0 Å². The lowest BCUT2D eigenvalue weighted by molar-refractivity contribution is -0.131. The number of hydrogen-bond donors (Lipinski definition) is 0. The zero-order valence-corrected chi connectivity index (χ0v) is 14.6. The third kappa shape index (κ3) is 3.84. The molecule has 1 aliphatic heterocycles. The van der Waals surface area contributed by atoms with Crippen LogP contribution in [-0.4, -0.2) is 49.7 Å². The summed E-state index contributed by atoms with van der Waals surface area (Å²) in [6.07, 6.45) is 2.03. The Bertz CT molecular complexity index is 831. The van der Waals surface area contributed by atoms with Gasteiger partial charge in [0.1, 0.15) is 12.6 Å². The molecule has 0 aromatic carbocycles. The van der Waals surface area contributed by atoms with Gasteiger partial charge in [-0.3, -0.25) is 14.2 Å². The first-order valence-electron chi connectivity index (χ1n) is 8.21. The van der Waals surface area contributed by atoms with Gasteiger partial charge in [-0.2, -0.15) is 5.10 Å². The lowest BCUT2D eigenvalue weighted by atomic mass is 10.3. The molecule has 0 saturated carbocycles. The van der Waals surface area contributed by atoms with Crippen LogP contribution in [0.3, 0.4) is 0 Å². The number of amides is 1. The Labute approximate surface area is 145 Å². The van der Waals surface area contributed by atoms with Gasteiger partial charge in [0, 0.05) is 30.3 Å². The molecule has 0 N–H and O–H groups in total. The van der Waals surface area contributed by atoms with E-state index in [-0.39, 0.29) is 24.1 Å². The van der Waals surface area contributed by atoms with Crippen LogP contribution in [0.1, 0.15) is 23.4 Å². The van der Waals surface area contributed by atoms with Crippen LogP contribution >= 0.6 is 0 Å². The minimum absolute atomic E-state index is 0.00991. The number of nitrogens with zero attached hydrogens (tertiary/aromatic N) is 5. The maximum atomic E-state index is 12.5. The molecule has 1 aliphatic rings. The second kappa shape index (κ2) is 7.00. The molecule has 3 heterocycles. The molecule has 1 saturated heterocycles. The van der Waals surface area contributed by atoms with Crippen LogP contribution in [0.15, 0.2) is 23.3 Å². The summed E-state index contributed by atoms with van der Waals surface area (Å²) in [5.41, 5.74) is 1.89. The molecule has 2 aromatic rings. The smallest absolute Gasteiger partial charge is 0.256 e. The molecule has 3 rings (SSSR count). The average Bonchev–Trinajstić information content (AvgIpc) is 3.06. The summed E-state index contributed by atoms with van der Waals surface area (Å²) in [6.45, 7) is 6.41. The lowest BCUT2D eigenvalue weighted by Gasteiger charge is -2.17. The molecule has 0 aliphatic carbocycles. The molecule has 8 heteroatoms. The van der Waals surface area contributed by atoms with E-state index in [0.29, 0.717) is 30.2 Å². The molecule has 25 heavy (non-hydrogen) atoms. The summed E-state index contributed by atoms with van der Waals surface area (Å²) in [5.74, 6) is 0.340. The Morgan fingerprint density at radius 2 is 2.08 bits per heavy atom. The van der Waals surface area contributed by atoms with Gasteiger partial charge in [0.2, 0.25) is 11.8 Å². The van der Waals surface area contributed by atoms with Crippen molar-refractivity contribution in [2.75, 3.05) is 13.1 Å². The lowest BCUT2D eigenvalue weighted by Crippen LogP contribution is -2.37. The summed E-state index contributed by atoms with van der Waals surface area (Å²) in [4.78, 5) is 30.5. The van der Waals surface area contributed by atoms with Crippen LogP contribution in [0.2, 0.25) is 0 Å². The van der Waals surface area contributed by atoms with E-state index in [2.05, 4.69) is 15.2 Å². The van der Waals surface area contributed by atoms with Gasteiger partial charge in [-0.15, -0.1) is 5.10 Å². The van der Waals surface area contributed by atoms with Crippen molar-refractivity contribution in [3.05, 3.63) is 45.8 Å². The van der Waals surface area contributed by atoms with Crippen molar-refractivity contribution >= 4 is 5.91 Å². The number of aromatic nitrogens is 4. The van der Waals surface area contributed by atoms with E-state index in [1.54, 1.807) is 24.8 Å². The molecule has 1 unspecified atom stereocenters. The van der Waals surface area contributed by atoms with E-state index < -0.39 is 0 Å². The van der Waals surface area contributed by atoms with Crippen LogP contribution in [0.25, 0.3) is 0 Å². The first kappa shape index (κ1) is 17.1. The van der Waals surface area contributed by atoms with Crippen LogP contribution in [0.4, 0.5) is 0 Å². The van der Waals surface area contributed by atoms with Gasteiger partial charge in [0.15, 0.2) is 0 Å². The second-order valence-corrected chi connectivity index (χ2v) is 6.27. The largest absolute Gasteiger partial charge is 0.471 e. The average molecular weight is 343 g/mol. The van der Waals surface area contributed by atoms with Crippen LogP contribution in [0, 0.1) is 20.8 Å². The standard InChI is InChI=1S/C17H21N5O3/c1-11-4-5-15(20-19-11)25-14-6-7-21(8-14)16(23)9-22-10-18-13(3)12(2)17(22)24/h4-5,10,14H,6-9H2,1-3H3. The highest BCUT2D eigenvalue weighted by Crippen LogP contribution is 2.16. The molecule has 0 spiro atoms. The molecular weight excluding hydrogens is 322 g/mol. The first-order chi connectivity index (χ1) is 11.9. The fourth-order valence-electron chi connectivity index (χ4n) is 2.71. The number of ether oxygens (including phenoxy) is 1. The molecule has 0 bridgehead atoms. The second-order valence-electron chi connectivity index (χ2n) is 6.27. The zero-order chi connectivity index (χ0) is 18.0. The van der Waals surface area contributed by atoms with Gasteiger partial charge in [-0.25, -0.2) is 4.98 Å². The van der Waals surface area contributed by atoms with E-state index in [1.807, 2.05) is 13.0 Å².